The SMILES string of the molecule is C1CCCCCO[N]CCCC1. The molecule has 0 atom stereocenters. The lowest BCUT2D eigenvalue weighted by Gasteiger charge is -2.06. The first-order chi connectivity index (χ1) is 6.00. The Bertz CT molecular complexity index is 52.8. The van der Waals surface area contributed by atoms with Crippen molar-refractivity contribution in [3.63, 3.8) is 0 Å². The summed E-state index contributed by atoms with van der Waals surface area (Å²) in [5, 5.41) is 0. The summed E-state index contributed by atoms with van der Waals surface area (Å²) in [6, 6.07) is 0. The summed E-state index contributed by atoms with van der Waals surface area (Å²) in [5.41, 5.74) is 4.00. The smallest absolute Gasteiger partial charge is 0.0702 e. The molecule has 2 heteroatoms. The van der Waals surface area contributed by atoms with Crippen LogP contribution in [0.25, 0.3) is 0 Å². The van der Waals surface area contributed by atoms with Gasteiger partial charge in [-0.25, -0.2) is 0 Å². The van der Waals surface area contributed by atoms with E-state index in [-0.39, 0.29) is 0 Å². The lowest BCUT2D eigenvalue weighted by molar-refractivity contribution is 0.0291. The Hall–Kier alpha value is -0.0800. The molecule has 0 aromatic heterocycles. The molecule has 0 N–H and O–H groups in total. The Labute approximate surface area is 75.6 Å². The summed E-state index contributed by atoms with van der Waals surface area (Å²) >= 11 is 0. The van der Waals surface area contributed by atoms with Crippen molar-refractivity contribution in [3.05, 3.63) is 0 Å². The minimum absolute atomic E-state index is 0.833. The Balaban J connectivity index is 2.00. The lowest BCUT2D eigenvalue weighted by atomic mass is 10.1. The van der Waals surface area contributed by atoms with Crippen LogP contribution in [-0.2, 0) is 4.84 Å². The Kier molecular flexibility index (Phi) is 6.30. The van der Waals surface area contributed by atoms with Crippen molar-refractivity contribution in [2.75, 3.05) is 13.2 Å². The Morgan fingerprint density at radius 3 is 2.00 bits per heavy atom. The Morgan fingerprint density at radius 2 is 1.25 bits per heavy atom. The monoisotopic (exact) mass is 170 g/mol. The topological polar surface area (TPSA) is 23.3 Å². The highest BCUT2D eigenvalue weighted by Gasteiger charge is 1.96. The standard InChI is InChI=1S/C10H20NO/c1-2-4-6-8-10-12-11-9-7-5-3-1/h1-10H2. The molecule has 0 spiro atoms. The molecule has 0 saturated carbocycles. The van der Waals surface area contributed by atoms with Crippen molar-refractivity contribution >= 4 is 0 Å². The highest BCUT2D eigenvalue weighted by atomic mass is 16.6. The summed E-state index contributed by atoms with van der Waals surface area (Å²) in [6.07, 6.45) is 10.6. The molecule has 1 aliphatic heterocycles. The summed E-state index contributed by atoms with van der Waals surface area (Å²) in [7, 11) is 0. The first-order valence-corrected chi connectivity index (χ1v) is 5.29. The summed E-state index contributed by atoms with van der Waals surface area (Å²) in [4.78, 5) is 5.13. The van der Waals surface area contributed by atoms with Gasteiger partial charge in [0, 0.05) is 6.54 Å². The Morgan fingerprint density at radius 1 is 0.667 bits per heavy atom. The van der Waals surface area contributed by atoms with E-state index in [1.165, 1.54) is 51.4 Å². The predicted molar refractivity (Wildman–Crippen MR) is 49.9 cm³/mol. The molecule has 1 heterocycles. The molecule has 1 saturated heterocycles. The van der Waals surface area contributed by atoms with Gasteiger partial charge in [-0.2, -0.15) is 0 Å². The maximum Gasteiger partial charge on any atom is 0.0702 e. The number of rotatable bonds is 0. The van der Waals surface area contributed by atoms with Gasteiger partial charge in [-0.3, -0.25) is 4.84 Å². The van der Waals surface area contributed by atoms with Gasteiger partial charge < -0.3 is 0 Å². The molecule has 12 heavy (non-hydrogen) atoms. The molecule has 0 bridgehead atoms. The molecule has 0 aliphatic carbocycles. The van der Waals surface area contributed by atoms with Gasteiger partial charge in [0.25, 0.3) is 0 Å². The second-order valence-corrected chi connectivity index (χ2v) is 3.51. The molecular weight excluding hydrogens is 150 g/mol. The van der Waals surface area contributed by atoms with E-state index in [2.05, 4.69) is 5.48 Å². The van der Waals surface area contributed by atoms with Crippen molar-refractivity contribution in [1.29, 1.82) is 0 Å². The van der Waals surface area contributed by atoms with Gasteiger partial charge in [0.2, 0.25) is 0 Å². The van der Waals surface area contributed by atoms with Crippen molar-refractivity contribution in [1.82, 2.24) is 5.48 Å². The molecule has 1 fully saturated rings. The zero-order chi connectivity index (χ0) is 8.49. The molecule has 1 radical (unpaired) electrons. The zero-order valence-corrected chi connectivity index (χ0v) is 7.93. The predicted octanol–water partition coefficient (Wildman–Crippen LogP) is 2.66. The minimum atomic E-state index is 0.833. The van der Waals surface area contributed by atoms with Crippen molar-refractivity contribution in [2.24, 2.45) is 0 Å². The molecule has 2 nitrogen and oxygen atoms in total. The molecule has 71 valence electrons. The first kappa shape index (κ1) is 10.0. The molecular formula is C10H20NO. The van der Waals surface area contributed by atoms with Crippen LogP contribution in [-0.4, -0.2) is 13.2 Å². The van der Waals surface area contributed by atoms with E-state index in [4.69, 9.17) is 4.84 Å². The van der Waals surface area contributed by atoms with Crippen molar-refractivity contribution < 1.29 is 4.84 Å². The fourth-order valence-corrected chi connectivity index (χ4v) is 1.53. The highest BCUT2D eigenvalue weighted by Crippen LogP contribution is 2.09. The molecule has 1 aliphatic rings. The lowest BCUT2D eigenvalue weighted by Crippen LogP contribution is -2.09. The van der Waals surface area contributed by atoms with E-state index >= 15 is 0 Å². The quantitative estimate of drug-likeness (QED) is 0.548. The maximum atomic E-state index is 5.13. The van der Waals surface area contributed by atoms with Gasteiger partial charge in [-0.15, -0.1) is 0 Å². The number of hydrogen-bond donors (Lipinski definition) is 0. The molecule has 0 aromatic carbocycles. The van der Waals surface area contributed by atoms with E-state index < -0.39 is 0 Å². The zero-order valence-electron chi connectivity index (χ0n) is 7.93. The fourth-order valence-electron chi connectivity index (χ4n) is 1.53. The summed E-state index contributed by atoms with van der Waals surface area (Å²) < 4.78 is 0. The third-order valence-electron chi connectivity index (χ3n) is 2.33. The maximum absolute atomic E-state index is 5.13. The normalized spacial score (nSPS) is 24.0. The van der Waals surface area contributed by atoms with Crippen LogP contribution in [0.4, 0.5) is 0 Å². The fraction of sp³-hybridized carbons (Fsp3) is 1.00. The number of nitrogens with zero attached hydrogens (tertiary/aromatic N) is 1. The van der Waals surface area contributed by atoms with E-state index in [1.54, 1.807) is 0 Å². The largest absolute Gasteiger partial charge is 0.282 e. The molecule has 1 rings (SSSR count). The van der Waals surface area contributed by atoms with Gasteiger partial charge in [0.1, 0.15) is 0 Å². The third kappa shape index (κ3) is 5.56. The van der Waals surface area contributed by atoms with Crippen LogP contribution in [0.15, 0.2) is 0 Å². The van der Waals surface area contributed by atoms with Crippen LogP contribution in [0.3, 0.4) is 0 Å². The second kappa shape index (κ2) is 7.56. The van der Waals surface area contributed by atoms with Gasteiger partial charge in [-0.05, 0) is 12.8 Å². The van der Waals surface area contributed by atoms with E-state index in [0.717, 1.165) is 13.2 Å². The average molecular weight is 170 g/mol. The van der Waals surface area contributed by atoms with E-state index in [1.807, 2.05) is 0 Å². The van der Waals surface area contributed by atoms with Gasteiger partial charge in [-0.1, -0.05) is 44.0 Å². The van der Waals surface area contributed by atoms with Crippen LogP contribution in [0.5, 0.6) is 0 Å². The van der Waals surface area contributed by atoms with Crippen LogP contribution in [0.2, 0.25) is 0 Å². The third-order valence-corrected chi connectivity index (χ3v) is 2.33. The molecule has 0 amide bonds. The molecule has 0 unspecified atom stereocenters. The van der Waals surface area contributed by atoms with Gasteiger partial charge in [0.05, 0.1) is 6.61 Å². The van der Waals surface area contributed by atoms with Crippen molar-refractivity contribution in [3.8, 4) is 0 Å². The number of hydroxylamine groups is 1. The van der Waals surface area contributed by atoms with Gasteiger partial charge in [0.15, 0.2) is 0 Å². The minimum Gasteiger partial charge on any atom is -0.282 e. The molecule has 0 aromatic rings. The highest BCUT2D eigenvalue weighted by molar-refractivity contribution is 4.48. The van der Waals surface area contributed by atoms with E-state index in [9.17, 15) is 0 Å². The van der Waals surface area contributed by atoms with Crippen LogP contribution in [0, 0.1) is 0 Å². The summed E-state index contributed by atoms with van der Waals surface area (Å²) in [5.74, 6) is 0. The van der Waals surface area contributed by atoms with E-state index in [0.29, 0.717) is 0 Å². The van der Waals surface area contributed by atoms with Crippen LogP contribution in [0.1, 0.15) is 51.4 Å². The summed E-state index contributed by atoms with van der Waals surface area (Å²) in [6.45, 7) is 1.74. The first-order valence-electron chi connectivity index (χ1n) is 5.29. The average Bonchev–Trinajstić information content (AvgIpc) is 2.05. The van der Waals surface area contributed by atoms with Gasteiger partial charge >= 0.3 is 0 Å². The van der Waals surface area contributed by atoms with Crippen LogP contribution < -0.4 is 5.48 Å². The van der Waals surface area contributed by atoms with Crippen molar-refractivity contribution in [2.45, 2.75) is 51.4 Å². The van der Waals surface area contributed by atoms with Crippen LogP contribution >= 0.6 is 0 Å². The second-order valence-electron chi connectivity index (χ2n) is 3.51. The number of hydrogen-bond acceptors (Lipinski definition) is 1.